The van der Waals surface area contributed by atoms with E-state index in [0.717, 1.165) is 48.4 Å². The van der Waals surface area contributed by atoms with E-state index in [9.17, 15) is 28.8 Å². The SMILES string of the molecule is COCCOCCOCCOc1cc(C(=O)OCC(COC(=O)c2cc(C)cc(C)c2)(COC(=O)c2cc(C)cc(C)c2)COC(=O)c2cc(OCCOCCOCCOC)c(OCCOCCOCCOC(=O)CCCN(C)C)c(OCCOCCOCCOC(=O)CCCN(C)C)c2)cc(OCCOCCOCCOC(=O)CCCN(C)C)c1OCCOCCOCCOC(=O)CCCN(C)C. The Labute approximate surface area is 819 Å². The number of methoxy groups -OCH3 is 2. The topological polar surface area (TPSA) is 408 Å². The normalized spacial score (nSPS) is 11.5. The fourth-order valence-corrected chi connectivity index (χ4v) is 12.5. The molecule has 0 aromatic heterocycles. The van der Waals surface area contributed by atoms with E-state index in [4.69, 9.17) is 133 Å². The van der Waals surface area contributed by atoms with E-state index in [1.54, 1.807) is 66.2 Å². The fraction of sp³-hybridized carbons (Fsp3) is 0.677. The molecular weight excluding hydrogens is 1820 g/mol. The van der Waals surface area contributed by atoms with Crippen LogP contribution in [0.5, 0.6) is 34.5 Å². The van der Waals surface area contributed by atoms with Crippen molar-refractivity contribution < 1.29 is 171 Å². The first kappa shape index (κ1) is 122. The number of benzene rings is 4. The molecule has 0 aliphatic carbocycles. The summed E-state index contributed by atoms with van der Waals surface area (Å²) in [6, 6.07) is 15.7. The van der Waals surface area contributed by atoms with Crippen LogP contribution in [-0.2, 0) is 123 Å². The highest BCUT2D eigenvalue weighted by molar-refractivity contribution is 5.93. The lowest BCUT2D eigenvalue weighted by Crippen LogP contribution is -2.44. The van der Waals surface area contributed by atoms with Crippen LogP contribution >= 0.6 is 0 Å². The number of esters is 8. The molecule has 788 valence electrons. The zero-order valence-electron chi connectivity index (χ0n) is 84.5. The van der Waals surface area contributed by atoms with E-state index >= 15 is 9.59 Å². The van der Waals surface area contributed by atoms with Crippen molar-refractivity contribution in [2.75, 3.05) is 361 Å². The van der Waals surface area contributed by atoms with Crippen LogP contribution in [0.2, 0.25) is 0 Å². The minimum atomic E-state index is -1.98. The molecule has 0 radical (unpaired) electrons. The van der Waals surface area contributed by atoms with Crippen LogP contribution in [0.4, 0.5) is 0 Å². The predicted molar refractivity (Wildman–Crippen MR) is 510 cm³/mol. The third-order valence-corrected chi connectivity index (χ3v) is 19.4. The summed E-state index contributed by atoms with van der Waals surface area (Å²) in [5, 5.41) is 0. The number of aryl methyl sites for hydroxylation is 4. The first-order valence-corrected chi connectivity index (χ1v) is 47.3. The maximum Gasteiger partial charge on any atom is 0.338 e. The Bertz CT molecular complexity index is 3730. The molecule has 0 heterocycles. The Kier molecular flexibility index (Phi) is 67.9. The van der Waals surface area contributed by atoms with E-state index in [1.165, 1.54) is 24.3 Å². The van der Waals surface area contributed by atoms with Crippen molar-refractivity contribution in [1.82, 2.24) is 19.6 Å². The zero-order valence-corrected chi connectivity index (χ0v) is 84.5. The second-order valence-corrected chi connectivity index (χ2v) is 33.1. The van der Waals surface area contributed by atoms with Crippen molar-refractivity contribution in [1.29, 1.82) is 0 Å². The lowest BCUT2D eigenvalue weighted by molar-refractivity contribution is -0.146. The van der Waals surface area contributed by atoms with Crippen molar-refractivity contribution in [2.45, 2.75) is 79.1 Å². The number of nitrogens with zero attached hydrogens (tertiary/aromatic N) is 4. The molecule has 0 unspecified atom stereocenters. The van der Waals surface area contributed by atoms with E-state index < -0.39 is 55.7 Å². The first-order valence-electron chi connectivity index (χ1n) is 47.3. The Morgan fingerprint density at radius 1 is 0.223 bits per heavy atom. The molecule has 4 rings (SSSR count). The van der Waals surface area contributed by atoms with Gasteiger partial charge in [0.05, 0.1) is 194 Å². The molecule has 0 fully saturated rings. The highest BCUT2D eigenvalue weighted by Gasteiger charge is 2.40. The number of hydrogen-bond acceptors (Lipinski definition) is 40. The number of carbonyl (C=O) groups is 8. The quantitative estimate of drug-likeness (QED) is 0.0230. The average Bonchev–Trinajstić information content (AvgIpc) is 0.808. The smallest absolute Gasteiger partial charge is 0.338 e. The van der Waals surface area contributed by atoms with Crippen LogP contribution in [0.15, 0.2) is 60.7 Å². The Hall–Kier alpha value is -9.28. The van der Waals surface area contributed by atoms with Crippen molar-refractivity contribution in [3.8, 4) is 34.5 Å². The van der Waals surface area contributed by atoms with E-state index in [-0.39, 0.29) is 318 Å². The van der Waals surface area contributed by atoms with Gasteiger partial charge in [0.15, 0.2) is 23.0 Å². The summed E-state index contributed by atoms with van der Waals surface area (Å²) in [5.74, 6) is -5.08. The van der Waals surface area contributed by atoms with Crippen molar-refractivity contribution in [2.24, 2.45) is 5.41 Å². The summed E-state index contributed by atoms with van der Waals surface area (Å²) in [6.45, 7) is 10.8. The van der Waals surface area contributed by atoms with Crippen molar-refractivity contribution in [3.05, 3.63) is 105 Å². The van der Waals surface area contributed by atoms with Gasteiger partial charge in [-0.3, -0.25) is 19.2 Å². The van der Waals surface area contributed by atoms with Crippen molar-refractivity contribution in [3.63, 3.8) is 0 Å². The monoisotopic (exact) mass is 1980 g/mol. The van der Waals surface area contributed by atoms with Crippen LogP contribution in [0.1, 0.15) is 115 Å². The maximum absolute atomic E-state index is 15.4. The van der Waals surface area contributed by atoms with Crippen LogP contribution < -0.4 is 28.4 Å². The van der Waals surface area contributed by atoms with Gasteiger partial charge in [0, 0.05) is 39.9 Å². The molecular formula is C99H156N4O36. The van der Waals surface area contributed by atoms with Gasteiger partial charge in [-0.25, -0.2) is 19.2 Å². The minimum absolute atomic E-state index is 0.0130. The third kappa shape index (κ3) is 60.6. The van der Waals surface area contributed by atoms with Gasteiger partial charge in [0.2, 0.25) is 11.5 Å². The summed E-state index contributed by atoms with van der Waals surface area (Å²) >= 11 is 0. The van der Waals surface area contributed by atoms with Gasteiger partial charge in [0.25, 0.3) is 0 Å². The van der Waals surface area contributed by atoms with Crippen LogP contribution in [0, 0.1) is 33.1 Å². The zero-order chi connectivity index (χ0) is 101. The Balaban J connectivity index is 1.84. The van der Waals surface area contributed by atoms with E-state index in [2.05, 4.69) is 0 Å². The fourth-order valence-electron chi connectivity index (χ4n) is 12.5. The molecule has 40 nitrogen and oxygen atoms in total. The largest absolute Gasteiger partial charge is 0.487 e. The minimum Gasteiger partial charge on any atom is -0.487 e. The maximum atomic E-state index is 15.4. The molecule has 0 saturated heterocycles. The Morgan fingerprint density at radius 2 is 0.403 bits per heavy atom. The summed E-state index contributed by atoms with van der Waals surface area (Å²) < 4.78 is 164. The summed E-state index contributed by atoms with van der Waals surface area (Å²) in [4.78, 5) is 117. The first-order chi connectivity index (χ1) is 67.2. The molecule has 4 aromatic rings. The summed E-state index contributed by atoms with van der Waals surface area (Å²) in [6.07, 6.45) is 3.75. The molecule has 0 atom stereocenters. The molecule has 0 saturated carbocycles. The number of carbonyl (C=O) groups excluding carboxylic acids is 8. The molecule has 0 amide bonds. The van der Waals surface area contributed by atoms with Gasteiger partial charge in [-0.1, -0.05) is 34.4 Å². The van der Waals surface area contributed by atoms with Gasteiger partial charge in [-0.05, 0) is 184 Å². The summed E-state index contributed by atoms with van der Waals surface area (Å²) in [7, 11) is 18.6. The van der Waals surface area contributed by atoms with Crippen LogP contribution in [0.25, 0.3) is 0 Å². The molecule has 0 N–H and O–H groups in total. The molecule has 0 aliphatic rings. The number of ether oxygens (including phenoxy) is 28. The van der Waals surface area contributed by atoms with Gasteiger partial charge < -0.3 is 152 Å². The lowest BCUT2D eigenvalue weighted by atomic mass is 9.91. The van der Waals surface area contributed by atoms with Gasteiger partial charge in [-0.15, -0.1) is 0 Å². The van der Waals surface area contributed by atoms with Crippen LogP contribution in [0.3, 0.4) is 0 Å². The van der Waals surface area contributed by atoms with E-state index in [1.807, 2.05) is 88.1 Å². The molecule has 0 spiro atoms. The molecule has 139 heavy (non-hydrogen) atoms. The Morgan fingerprint density at radius 3 is 0.604 bits per heavy atom. The number of rotatable bonds is 88. The van der Waals surface area contributed by atoms with Gasteiger partial charge >= 0.3 is 47.8 Å². The highest BCUT2D eigenvalue weighted by Crippen LogP contribution is 2.42. The second-order valence-electron chi connectivity index (χ2n) is 33.1. The van der Waals surface area contributed by atoms with Crippen LogP contribution in [-0.4, -0.2) is 428 Å². The molecule has 40 heteroatoms. The second kappa shape index (κ2) is 77.4. The highest BCUT2D eigenvalue weighted by atomic mass is 16.6. The number of hydrogen-bond donors (Lipinski definition) is 0. The molecule has 0 aliphatic heterocycles. The predicted octanol–water partition coefficient (Wildman–Crippen LogP) is 7.94. The van der Waals surface area contributed by atoms with Crippen molar-refractivity contribution >= 4 is 47.8 Å². The third-order valence-electron chi connectivity index (χ3n) is 19.4. The average molecular weight is 1980 g/mol. The van der Waals surface area contributed by atoms with E-state index in [0.29, 0.717) is 52.1 Å². The molecule has 4 aromatic carbocycles. The standard InChI is InChI=1S/C99H156N4O36/c1-77-63-78(2)66-81(65-77)95(108)136-73-99(74-137-96(109)82-67-79(3)64-80(4)68-82,75-138-97(110)83-69-85(126-53-43-116-33-31-114-29-27-112-13)93(134-61-51-124-41-39-122-49-59-132-91(106)21-17-25-102(9)10)87(71-83)128-55-45-118-35-37-120-47-57-130-89(104)19-15-23-100(5)6)76-139-98(111)84-70-86(127-54-44-117-34-32-115-30-28-113-14)94(135-62-52-125-42-40-123-50-60-133-92(107)22-18-26-103(11)12)88(72-84)129-56-46-119-36-38-121-48-58-131-90(105)20-16-24-101(7)8/h63-72H,15-62,73-76H2,1-14H3. The van der Waals surface area contributed by atoms with Gasteiger partial charge in [-0.2, -0.15) is 0 Å². The lowest BCUT2D eigenvalue weighted by Gasteiger charge is -2.32. The van der Waals surface area contributed by atoms with Gasteiger partial charge in [0.1, 0.15) is 97.9 Å². The molecule has 0 bridgehead atoms. The summed E-state index contributed by atoms with van der Waals surface area (Å²) in [5.41, 5.74) is 0.895.